The van der Waals surface area contributed by atoms with Crippen LogP contribution in [0.2, 0.25) is 0 Å². The molecule has 22 heavy (non-hydrogen) atoms. The SMILES string of the molecule is COC(=O)C1CCC2(CCN(C(=O)OC(C)(C)C)CC2)C1=O. The van der Waals surface area contributed by atoms with E-state index in [1.807, 2.05) is 20.8 Å². The van der Waals surface area contributed by atoms with Gasteiger partial charge < -0.3 is 14.4 Å². The van der Waals surface area contributed by atoms with E-state index in [9.17, 15) is 14.4 Å². The summed E-state index contributed by atoms with van der Waals surface area (Å²) in [5.41, 5.74) is -0.983. The average molecular weight is 311 g/mol. The second-order valence-electron chi connectivity index (χ2n) is 7.23. The molecule has 1 aliphatic carbocycles. The van der Waals surface area contributed by atoms with Crippen LogP contribution >= 0.6 is 0 Å². The molecule has 0 aromatic rings. The van der Waals surface area contributed by atoms with Crippen molar-refractivity contribution in [3.63, 3.8) is 0 Å². The van der Waals surface area contributed by atoms with Crippen molar-refractivity contribution in [2.24, 2.45) is 11.3 Å². The number of amides is 1. The zero-order valence-corrected chi connectivity index (χ0v) is 13.8. The lowest BCUT2D eigenvalue weighted by Gasteiger charge is -2.38. The van der Waals surface area contributed by atoms with Crippen LogP contribution in [0.4, 0.5) is 4.79 Å². The number of piperidine rings is 1. The third-order valence-corrected chi connectivity index (χ3v) is 4.61. The molecule has 124 valence electrons. The predicted molar refractivity (Wildman–Crippen MR) is 79.2 cm³/mol. The normalized spacial score (nSPS) is 24.5. The summed E-state index contributed by atoms with van der Waals surface area (Å²) in [5, 5.41) is 0. The van der Waals surface area contributed by atoms with Crippen LogP contribution in [0.3, 0.4) is 0 Å². The fraction of sp³-hybridized carbons (Fsp3) is 0.812. The topological polar surface area (TPSA) is 72.9 Å². The van der Waals surface area contributed by atoms with Gasteiger partial charge in [0.25, 0.3) is 0 Å². The Labute approximate surface area is 131 Å². The van der Waals surface area contributed by atoms with Crippen LogP contribution in [0.5, 0.6) is 0 Å². The van der Waals surface area contributed by atoms with E-state index in [-0.39, 0.29) is 11.9 Å². The third kappa shape index (κ3) is 3.25. The Hall–Kier alpha value is -1.59. The van der Waals surface area contributed by atoms with Crippen LogP contribution in [0.1, 0.15) is 46.5 Å². The molecule has 1 amide bonds. The molecular formula is C16H25NO5. The van der Waals surface area contributed by atoms with E-state index in [0.717, 1.165) is 0 Å². The van der Waals surface area contributed by atoms with Crippen molar-refractivity contribution in [1.29, 1.82) is 0 Å². The summed E-state index contributed by atoms with van der Waals surface area (Å²) in [6.45, 7) is 6.48. The zero-order valence-electron chi connectivity index (χ0n) is 13.8. The number of hydrogen-bond acceptors (Lipinski definition) is 5. The lowest BCUT2D eigenvalue weighted by Crippen LogP contribution is -2.47. The van der Waals surface area contributed by atoms with Gasteiger partial charge in [-0.2, -0.15) is 0 Å². The lowest BCUT2D eigenvalue weighted by molar-refractivity contribution is -0.150. The van der Waals surface area contributed by atoms with Crippen LogP contribution in [-0.2, 0) is 19.1 Å². The Morgan fingerprint density at radius 1 is 1.18 bits per heavy atom. The summed E-state index contributed by atoms with van der Waals surface area (Å²) in [5.74, 6) is -1.07. The standard InChI is InChI=1S/C16H25NO5/c1-15(2,3)22-14(20)17-9-7-16(8-10-17)6-5-11(12(16)18)13(19)21-4/h11H,5-10H2,1-4H3. The highest BCUT2D eigenvalue weighted by atomic mass is 16.6. The Bertz CT molecular complexity index is 471. The number of hydrogen-bond donors (Lipinski definition) is 0. The fourth-order valence-electron chi connectivity index (χ4n) is 3.35. The molecule has 0 aromatic heterocycles. The van der Waals surface area contributed by atoms with Crippen molar-refractivity contribution in [2.75, 3.05) is 20.2 Å². The molecule has 1 atom stereocenters. The number of ketones is 1. The Morgan fingerprint density at radius 3 is 2.27 bits per heavy atom. The minimum atomic E-state index is -0.627. The van der Waals surface area contributed by atoms with Crippen LogP contribution in [-0.4, -0.2) is 48.5 Å². The maximum Gasteiger partial charge on any atom is 0.410 e. The first-order valence-corrected chi connectivity index (χ1v) is 7.79. The van der Waals surface area contributed by atoms with E-state index in [4.69, 9.17) is 9.47 Å². The number of nitrogens with zero attached hydrogens (tertiary/aromatic N) is 1. The second kappa shape index (κ2) is 5.89. The maximum atomic E-state index is 12.6. The summed E-state index contributed by atoms with van der Waals surface area (Å²) in [6, 6.07) is 0. The zero-order chi connectivity index (χ0) is 16.5. The minimum Gasteiger partial charge on any atom is -0.468 e. The molecule has 1 unspecified atom stereocenters. The molecule has 1 heterocycles. The lowest BCUT2D eigenvalue weighted by atomic mass is 9.75. The fourth-order valence-corrected chi connectivity index (χ4v) is 3.35. The van der Waals surface area contributed by atoms with E-state index >= 15 is 0 Å². The van der Waals surface area contributed by atoms with E-state index in [2.05, 4.69) is 0 Å². The number of carbonyl (C=O) groups excluding carboxylic acids is 3. The second-order valence-corrected chi connectivity index (χ2v) is 7.23. The van der Waals surface area contributed by atoms with Crippen molar-refractivity contribution in [1.82, 2.24) is 4.90 Å². The quantitative estimate of drug-likeness (QED) is 0.548. The van der Waals surface area contributed by atoms with Crippen LogP contribution < -0.4 is 0 Å². The van der Waals surface area contributed by atoms with Gasteiger partial charge in [-0.1, -0.05) is 0 Å². The number of esters is 1. The molecule has 0 radical (unpaired) electrons. The number of likely N-dealkylation sites (tertiary alicyclic amines) is 1. The molecule has 6 nitrogen and oxygen atoms in total. The molecule has 1 spiro atoms. The van der Waals surface area contributed by atoms with Gasteiger partial charge in [0, 0.05) is 18.5 Å². The van der Waals surface area contributed by atoms with E-state index in [1.54, 1.807) is 4.90 Å². The summed E-state index contributed by atoms with van der Waals surface area (Å²) < 4.78 is 10.1. The third-order valence-electron chi connectivity index (χ3n) is 4.61. The summed E-state index contributed by atoms with van der Waals surface area (Å²) in [4.78, 5) is 37.9. The highest BCUT2D eigenvalue weighted by Gasteiger charge is 2.52. The first kappa shape index (κ1) is 16.8. The monoisotopic (exact) mass is 311 g/mol. The van der Waals surface area contributed by atoms with Crippen LogP contribution in [0, 0.1) is 11.3 Å². The van der Waals surface area contributed by atoms with E-state index < -0.39 is 22.9 Å². The molecule has 0 N–H and O–H groups in total. The molecule has 6 heteroatoms. The Kier molecular flexibility index (Phi) is 4.49. The Morgan fingerprint density at radius 2 is 1.77 bits per heavy atom. The largest absolute Gasteiger partial charge is 0.468 e. The summed E-state index contributed by atoms with van der Waals surface area (Å²) in [7, 11) is 1.31. The minimum absolute atomic E-state index is 0.0109. The number of Topliss-reactive ketones (excluding diaryl/α,β-unsaturated/α-hetero) is 1. The van der Waals surface area contributed by atoms with Gasteiger partial charge in [-0.25, -0.2) is 4.79 Å². The van der Waals surface area contributed by atoms with Gasteiger partial charge in [-0.15, -0.1) is 0 Å². The number of methoxy groups -OCH3 is 1. The predicted octanol–water partition coefficient (Wildman–Crippen LogP) is 2.16. The van der Waals surface area contributed by atoms with Crippen LogP contribution in [0.25, 0.3) is 0 Å². The van der Waals surface area contributed by atoms with Gasteiger partial charge in [-0.05, 0) is 46.5 Å². The molecule has 1 aliphatic heterocycles. The van der Waals surface area contributed by atoms with Crippen LogP contribution in [0.15, 0.2) is 0 Å². The molecule has 2 aliphatic rings. The van der Waals surface area contributed by atoms with Crippen molar-refractivity contribution in [2.45, 2.75) is 52.1 Å². The van der Waals surface area contributed by atoms with Gasteiger partial charge in [0.1, 0.15) is 11.5 Å². The smallest absolute Gasteiger partial charge is 0.410 e. The van der Waals surface area contributed by atoms with Gasteiger partial charge in [0.15, 0.2) is 5.78 Å². The van der Waals surface area contributed by atoms with Crippen molar-refractivity contribution < 1.29 is 23.9 Å². The first-order valence-electron chi connectivity index (χ1n) is 7.79. The van der Waals surface area contributed by atoms with Crippen molar-refractivity contribution in [3.05, 3.63) is 0 Å². The average Bonchev–Trinajstić information content (AvgIpc) is 2.74. The molecule has 0 aromatic carbocycles. The summed E-state index contributed by atoms with van der Waals surface area (Å²) in [6.07, 6.45) is 2.11. The Balaban J connectivity index is 1.96. The molecule has 1 saturated heterocycles. The van der Waals surface area contributed by atoms with Gasteiger partial charge in [0.05, 0.1) is 7.11 Å². The molecule has 2 rings (SSSR count). The van der Waals surface area contributed by atoms with Crippen molar-refractivity contribution >= 4 is 17.8 Å². The maximum absolute atomic E-state index is 12.6. The van der Waals surface area contributed by atoms with Crippen molar-refractivity contribution in [3.8, 4) is 0 Å². The first-order chi connectivity index (χ1) is 10.2. The van der Waals surface area contributed by atoms with E-state index in [0.29, 0.717) is 38.8 Å². The molecular weight excluding hydrogens is 286 g/mol. The molecule has 1 saturated carbocycles. The molecule has 0 bridgehead atoms. The number of rotatable bonds is 1. The van der Waals surface area contributed by atoms with E-state index in [1.165, 1.54) is 7.11 Å². The molecule has 2 fully saturated rings. The highest BCUT2D eigenvalue weighted by molar-refractivity contribution is 6.03. The van der Waals surface area contributed by atoms with Gasteiger partial charge in [0.2, 0.25) is 0 Å². The summed E-state index contributed by atoms with van der Waals surface area (Å²) >= 11 is 0. The van der Waals surface area contributed by atoms with Gasteiger partial charge >= 0.3 is 12.1 Å². The highest BCUT2D eigenvalue weighted by Crippen LogP contribution is 2.46. The number of ether oxygens (including phenoxy) is 2. The van der Waals surface area contributed by atoms with Gasteiger partial charge in [-0.3, -0.25) is 9.59 Å². The number of carbonyl (C=O) groups is 3.